The standard InChI is InChI=1S/C21H33N7/c1-2-22-21(23-13-10-20-26-25-19-9-5-6-14-28(19)20)24-17-11-15-27(16-12-17)18-7-3-4-8-18/h5-6,9,14,17-18H,2-4,7-8,10-13,15-16H2,1H3,(H2,22,23,24). The lowest BCUT2D eigenvalue weighted by atomic mass is 10.0. The highest BCUT2D eigenvalue weighted by Crippen LogP contribution is 2.26. The number of nitrogens with one attached hydrogen (secondary N) is 2. The predicted molar refractivity (Wildman–Crippen MR) is 113 cm³/mol. The molecule has 2 aliphatic rings. The summed E-state index contributed by atoms with van der Waals surface area (Å²) in [7, 11) is 0. The highest BCUT2D eigenvalue weighted by molar-refractivity contribution is 5.80. The summed E-state index contributed by atoms with van der Waals surface area (Å²) in [6.45, 7) is 6.12. The van der Waals surface area contributed by atoms with E-state index in [1.807, 2.05) is 28.8 Å². The number of guanidine groups is 1. The van der Waals surface area contributed by atoms with Crippen LogP contribution in [0.2, 0.25) is 0 Å². The highest BCUT2D eigenvalue weighted by atomic mass is 15.2. The molecule has 28 heavy (non-hydrogen) atoms. The van der Waals surface area contributed by atoms with Crippen molar-refractivity contribution in [3.05, 3.63) is 30.2 Å². The lowest BCUT2D eigenvalue weighted by Gasteiger charge is -2.36. The number of pyridine rings is 1. The maximum absolute atomic E-state index is 4.79. The lowest BCUT2D eigenvalue weighted by Crippen LogP contribution is -2.50. The third kappa shape index (κ3) is 4.63. The monoisotopic (exact) mass is 383 g/mol. The summed E-state index contributed by atoms with van der Waals surface area (Å²) >= 11 is 0. The Morgan fingerprint density at radius 2 is 1.96 bits per heavy atom. The normalized spacial score (nSPS) is 20.1. The van der Waals surface area contributed by atoms with Crippen LogP contribution < -0.4 is 10.6 Å². The SMILES string of the molecule is CCNC(=NCCc1nnc2ccccn12)NC1CCN(C2CCCC2)CC1. The van der Waals surface area contributed by atoms with E-state index in [0.29, 0.717) is 12.6 Å². The lowest BCUT2D eigenvalue weighted by molar-refractivity contribution is 0.150. The van der Waals surface area contributed by atoms with E-state index in [9.17, 15) is 0 Å². The van der Waals surface area contributed by atoms with E-state index in [4.69, 9.17) is 4.99 Å². The molecule has 0 amide bonds. The van der Waals surface area contributed by atoms with Crippen LogP contribution >= 0.6 is 0 Å². The number of rotatable bonds is 6. The summed E-state index contributed by atoms with van der Waals surface area (Å²) in [6, 6.07) is 7.33. The molecular weight excluding hydrogens is 350 g/mol. The van der Waals surface area contributed by atoms with E-state index in [0.717, 1.165) is 36.4 Å². The number of hydrogen-bond donors (Lipinski definition) is 2. The minimum atomic E-state index is 0.518. The molecule has 3 heterocycles. The van der Waals surface area contributed by atoms with Gasteiger partial charge in [0.2, 0.25) is 0 Å². The van der Waals surface area contributed by atoms with Gasteiger partial charge in [0.25, 0.3) is 0 Å². The van der Waals surface area contributed by atoms with Gasteiger partial charge in [0.05, 0.1) is 0 Å². The number of piperidine rings is 1. The summed E-state index contributed by atoms with van der Waals surface area (Å²) in [5, 5.41) is 15.6. The summed E-state index contributed by atoms with van der Waals surface area (Å²) < 4.78 is 2.04. The van der Waals surface area contributed by atoms with Crippen molar-refractivity contribution in [3.8, 4) is 0 Å². The number of fused-ring (bicyclic) bond motifs is 1. The summed E-state index contributed by atoms with van der Waals surface area (Å²) in [4.78, 5) is 7.50. The van der Waals surface area contributed by atoms with Gasteiger partial charge in [0.1, 0.15) is 5.82 Å². The van der Waals surface area contributed by atoms with Gasteiger partial charge in [0, 0.05) is 50.9 Å². The van der Waals surface area contributed by atoms with Crippen molar-refractivity contribution in [1.82, 2.24) is 30.1 Å². The van der Waals surface area contributed by atoms with Crippen LogP contribution in [0.25, 0.3) is 5.65 Å². The Morgan fingerprint density at radius 3 is 2.75 bits per heavy atom. The first-order valence-corrected chi connectivity index (χ1v) is 10.9. The molecule has 0 radical (unpaired) electrons. The average Bonchev–Trinajstić information content (AvgIpc) is 3.39. The van der Waals surface area contributed by atoms with E-state index in [1.54, 1.807) is 0 Å². The molecule has 1 saturated carbocycles. The van der Waals surface area contributed by atoms with E-state index in [1.165, 1.54) is 51.6 Å². The Hall–Kier alpha value is -2.15. The van der Waals surface area contributed by atoms with Crippen LogP contribution in [0.3, 0.4) is 0 Å². The molecule has 1 saturated heterocycles. The first-order valence-electron chi connectivity index (χ1n) is 10.9. The zero-order chi connectivity index (χ0) is 19.2. The van der Waals surface area contributed by atoms with E-state index >= 15 is 0 Å². The van der Waals surface area contributed by atoms with Crippen LogP contribution in [-0.4, -0.2) is 63.7 Å². The Kier molecular flexibility index (Phi) is 6.41. The number of hydrogen-bond acceptors (Lipinski definition) is 4. The molecule has 0 aromatic carbocycles. The Bertz CT molecular complexity index is 770. The van der Waals surface area contributed by atoms with Crippen molar-refractivity contribution < 1.29 is 0 Å². The first-order chi connectivity index (χ1) is 13.8. The summed E-state index contributed by atoms with van der Waals surface area (Å²) in [5.41, 5.74) is 0.889. The summed E-state index contributed by atoms with van der Waals surface area (Å²) in [5.74, 6) is 1.88. The van der Waals surface area contributed by atoms with Crippen LogP contribution in [0.5, 0.6) is 0 Å². The number of aliphatic imine (C=N–C) groups is 1. The molecule has 2 N–H and O–H groups in total. The van der Waals surface area contributed by atoms with Gasteiger partial charge < -0.3 is 15.5 Å². The fourth-order valence-corrected chi connectivity index (χ4v) is 4.52. The fraction of sp³-hybridized carbons (Fsp3) is 0.667. The molecule has 7 nitrogen and oxygen atoms in total. The maximum atomic E-state index is 4.79. The van der Waals surface area contributed by atoms with Crippen molar-refractivity contribution in [2.24, 2.45) is 4.99 Å². The van der Waals surface area contributed by atoms with Gasteiger partial charge in [-0.1, -0.05) is 18.9 Å². The molecule has 0 spiro atoms. The molecule has 0 unspecified atom stereocenters. The Balaban J connectivity index is 1.28. The third-order valence-corrected chi connectivity index (χ3v) is 6.05. The van der Waals surface area contributed by atoms with Crippen LogP contribution in [0.4, 0.5) is 0 Å². The van der Waals surface area contributed by atoms with Crippen molar-refractivity contribution in [2.75, 3.05) is 26.2 Å². The largest absolute Gasteiger partial charge is 0.357 e. The van der Waals surface area contributed by atoms with Crippen molar-refractivity contribution in [3.63, 3.8) is 0 Å². The number of aromatic nitrogens is 3. The molecule has 1 aliphatic heterocycles. The van der Waals surface area contributed by atoms with Gasteiger partial charge in [-0.2, -0.15) is 0 Å². The van der Waals surface area contributed by atoms with Crippen molar-refractivity contribution >= 4 is 11.6 Å². The Morgan fingerprint density at radius 1 is 1.14 bits per heavy atom. The van der Waals surface area contributed by atoms with Crippen LogP contribution in [0, 0.1) is 0 Å². The molecule has 2 fully saturated rings. The first kappa shape index (κ1) is 19.2. The topological polar surface area (TPSA) is 69.8 Å². The number of likely N-dealkylation sites (tertiary alicyclic amines) is 1. The van der Waals surface area contributed by atoms with E-state index in [-0.39, 0.29) is 0 Å². The molecule has 152 valence electrons. The zero-order valence-corrected chi connectivity index (χ0v) is 17.0. The second-order valence-corrected chi connectivity index (χ2v) is 7.95. The molecule has 1 aliphatic carbocycles. The predicted octanol–water partition coefficient (Wildman–Crippen LogP) is 2.23. The van der Waals surface area contributed by atoms with Gasteiger partial charge in [0.15, 0.2) is 11.6 Å². The van der Waals surface area contributed by atoms with Crippen molar-refractivity contribution in [2.45, 2.75) is 64.0 Å². The van der Waals surface area contributed by atoms with Crippen LogP contribution in [0.1, 0.15) is 51.3 Å². The number of nitrogens with zero attached hydrogens (tertiary/aromatic N) is 5. The van der Waals surface area contributed by atoms with E-state index < -0.39 is 0 Å². The van der Waals surface area contributed by atoms with Gasteiger partial charge >= 0.3 is 0 Å². The minimum Gasteiger partial charge on any atom is -0.357 e. The molecule has 4 rings (SSSR count). The molecule has 0 atom stereocenters. The second kappa shape index (κ2) is 9.37. The maximum Gasteiger partial charge on any atom is 0.191 e. The van der Waals surface area contributed by atoms with E-state index in [2.05, 4.69) is 32.7 Å². The van der Waals surface area contributed by atoms with Crippen LogP contribution in [-0.2, 0) is 6.42 Å². The quantitative estimate of drug-likeness (QED) is 0.591. The zero-order valence-electron chi connectivity index (χ0n) is 17.0. The molecule has 0 bridgehead atoms. The van der Waals surface area contributed by atoms with Crippen LogP contribution in [0.15, 0.2) is 29.4 Å². The van der Waals surface area contributed by atoms with Gasteiger partial charge in [-0.05, 0) is 44.7 Å². The smallest absolute Gasteiger partial charge is 0.191 e. The fourth-order valence-electron chi connectivity index (χ4n) is 4.52. The highest BCUT2D eigenvalue weighted by Gasteiger charge is 2.27. The Labute approximate surface area is 167 Å². The van der Waals surface area contributed by atoms with Crippen molar-refractivity contribution in [1.29, 1.82) is 0 Å². The summed E-state index contributed by atoms with van der Waals surface area (Å²) in [6.07, 6.45) is 10.8. The van der Waals surface area contributed by atoms with Gasteiger partial charge in [-0.3, -0.25) is 9.39 Å². The second-order valence-electron chi connectivity index (χ2n) is 7.95. The average molecular weight is 384 g/mol. The molecule has 2 aromatic rings. The molecule has 2 aromatic heterocycles. The minimum absolute atomic E-state index is 0.518. The van der Waals surface area contributed by atoms with Gasteiger partial charge in [-0.15, -0.1) is 10.2 Å². The third-order valence-electron chi connectivity index (χ3n) is 6.05. The molecular formula is C21H33N7. The van der Waals surface area contributed by atoms with Gasteiger partial charge in [-0.25, -0.2) is 0 Å². The molecule has 7 heteroatoms.